The van der Waals surface area contributed by atoms with Crippen LogP contribution in [0.2, 0.25) is 0 Å². The SMILES string of the molecule is COc1ccccc1N1CCN(C(=O)CSc2ncc3ccccc3n2)CC1. The molecule has 0 unspecified atom stereocenters. The van der Waals surface area contributed by atoms with Crippen molar-refractivity contribution in [1.29, 1.82) is 0 Å². The number of hydrogen-bond acceptors (Lipinski definition) is 6. The zero-order valence-corrected chi connectivity index (χ0v) is 16.6. The van der Waals surface area contributed by atoms with Crippen LogP contribution in [-0.2, 0) is 4.79 Å². The van der Waals surface area contributed by atoms with Gasteiger partial charge in [0.2, 0.25) is 5.91 Å². The van der Waals surface area contributed by atoms with Crippen LogP contribution in [0.3, 0.4) is 0 Å². The molecule has 0 N–H and O–H groups in total. The van der Waals surface area contributed by atoms with Crippen molar-refractivity contribution in [2.75, 3.05) is 43.9 Å². The summed E-state index contributed by atoms with van der Waals surface area (Å²) in [4.78, 5) is 25.7. The van der Waals surface area contributed by atoms with Crippen molar-refractivity contribution in [3.8, 4) is 5.75 Å². The summed E-state index contributed by atoms with van der Waals surface area (Å²) in [5.41, 5.74) is 1.98. The quantitative estimate of drug-likeness (QED) is 0.490. The number of amides is 1. The molecule has 0 saturated carbocycles. The lowest BCUT2D eigenvalue weighted by Crippen LogP contribution is -2.49. The number of methoxy groups -OCH3 is 1. The van der Waals surface area contributed by atoms with E-state index in [1.54, 1.807) is 13.3 Å². The Morgan fingerprint density at radius 3 is 2.64 bits per heavy atom. The maximum Gasteiger partial charge on any atom is 0.233 e. The fraction of sp³-hybridized carbons (Fsp3) is 0.286. The third kappa shape index (κ3) is 4.04. The molecule has 3 aromatic rings. The van der Waals surface area contributed by atoms with E-state index in [1.165, 1.54) is 11.8 Å². The highest BCUT2D eigenvalue weighted by Gasteiger charge is 2.23. The van der Waals surface area contributed by atoms with Gasteiger partial charge in [-0.3, -0.25) is 4.79 Å². The van der Waals surface area contributed by atoms with Crippen LogP contribution in [0.1, 0.15) is 0 Å². The summed E-state index contributed by atoms with van der Waals surface area (Å²) in [6.07, 6.45) is 1.81. The van der Waals surface area contributed by atoms with Crippen LogP contribution in [0.15, 0.2) is 59.9 Å². The van der Waals surface area contributed by atoms with Crippen molar-refractivity contribution in [2.45, 2.75) is 5.16 Å². The average molecular weight is 395 g/mol. The number of hydrogen-bond donors (Lipinski definition) is 0. The molecular formula is C21H22N4O2S. The van der Waals surface area contributed by atoms with Gasteiger partial charge in [0.1, 0.15) is 5.75 Å². The smallest absolute Gasteiger partial charge is 0.233 e. The predicted molar refractivity (Wildman–Crippen MR) is 112 cm³/mol. The number of anilines is 1. The van der Waals surface area contributed by atoms with Gasteiger partial charge in [0.25, 0.3) is 0 Å². The molecule has 4 rings (SSSR count). The van der Waals surface area contributed by atoms with Crippen LogP contribution in [0, 0.1) is 0 Å². The summed E-state index contributed by atoms with van der Waals surface area (Å²) >= 11 is 1.39. The number of carbonyl (C=O) groups excluding carboxylic acids is 1. The number of piperazine rings is 1. The molecule has 1 saturated heterocycles. The van der Waals surface area contributed by atoms with Gasteiger partial charge in [-0.15, -0.1) is 0 Å². The number of thioether (sulfide) groups is 1. The van der Waals surface area contributed by atoms with Crippen LogP contribution >= 0.6 is 11.8 Å². The zero-order valence-electron chi connectivity index (χ0n) is 15.7. The topological polar surface area (TPSA) is 58.6 Å². The predicted octanol–water partition coefficient (Wildman–Crippen LogP) is 3.08. The van der Waals surface area contributed by atoms with Gasteiger partial charge in [-0.05, 0) is 18.2 Å². The Kier molecular flexibility index (Phi) is 5.62. The molecule has 0 spiro atoms. The van der Waals surface area contributed by atoms with Crippen molar-refractivity contribution in [2.24, 2.45) is 0 Å². The van der Waals surface area contributed by atoms with E-state index in [0.29, 0.717) is 24.0 Å². The van der Waals surface area contributed by atoms with Crippen molar-refractivity contribution in [3.63, 3.8) is 0 Å². The molecule has 1 fully saturated rings. The van der Waals surface area contributed by atoms with Gasteiger partial charge in [-0.2, -0.15) is 0 Å². The van der Waals surface area contributed by atoms with Gasteiger partial charge in [0.05, 0.1) is 24.1 Å². The molecule has 6 nitrogen and oxygen atoms in total. The molecule has 0 bridgehead atoms. The second-order valence-electron chi connectivity index (χ2n) is 6.54. The lowest BCUT2D eigenvalue weighted by Gasteiger charge is -2.36. The second kappa shape index (κ2) is 8.48. The minimum atomic E-state index is 0.126. The summed E-state index contributed by atoms with van der Waals surface area (Å²) in [5, 5.41) is 1.64. The van der Waals surface area contributed by atoms with Gasteiger partial charge in [-0.1, -0.05) is 42.1 Å². The van der Waals surface area contributed by atoms with Crippen LogP contribution < -0.4 is 9.64 Å². The fourth-order valence-corrected chi connectivity index (χ4v) is 4.06. The lowest BCUT2D eigenvalue weighted by molar-refractivity contribution is -0.128. The maximum absolute atomic E-state index is 12.6. The molecule has 144 valence electrons. The van der Waals surface area contributed by atoms with Gasteiger partial charge in [0.15, 0.2) is 5.16 Å². The summed E-state index contributed by atoms with van der Waals surface area (Å²) in [6, 6.07) is 15.9. The van der Waals surface area contributed by atoms with Crippen LogP contribution in [0.5, 0.6) is 5.75 Å². The number of para-hydroxylation sites is 3. The molecule has 0 aliphatic carbocycles. The molecule has 2 heterocycles. The third-order valence-electron chi connectivity index (χ3n) is 4.85. The molecule has 7 heteroatoms. The van der Waals surface area contributed by atoms with Gasteiger partial charge >= 0.3 is 0 Å². The first-order valence-corrected chi connectivity index (χ1v) is 10.2. The number of nitrogens with zero attached hydrogens (tertiary/aromatic N) is 4. The Balaban J connectivity index is 1.32. The highest BCUT2D eigenvalue weighted by Crippen LogP contribution is 2.28. The number of carbonyl (C=O) groups is 1. The largest absolute Gasteiger partial charge is 0.495 e. The second-order valence-corrected chi connectivity index (χ2v) is 7.48. The first kappa shape index (κ1) is 18.6. The number of fused-ring (bicyclic) bond motifs is 1. The summed E-state index contributed by atoms with van der Waals surface area (Å²) in [5.74, 6) is 1.35. The fourth-order valence-electron chi connectivity index (χ4n) is 3.33. The van der Waals surface area contributed by atoms with Gasteiger partial charge in [-0.25, -0.2) is 9.97 Å². The first-order valence-electron chi connectivity index (χ1n) is 9.25. The molecule has 0 atom stereocenters. The number of rotatable bonds is 5. The van der Waals surface area contributed by atoms with E-state index in [2.05, 4.69) is 20.9 Å². The Morgan fingerprint density at radius 1 is 1.07 bits per heavy atom. The van der Waals surface area contributed by atoms with E-state index in [-0.39, 0.29) is 5.91 Å². The Labute approximate surface area is 168 Å². The van der Waals surface area contributed by atoms with Gasteiger partial charge < -0.3 is 14.5 Å². The standard InChI is InChI=1S/C21H22N4O2S/c1-27-19-9-5-4-8-18(19)24-10-12-25(13-11-24)20(26)15-28-21-22-14-16-6-2-3-7-17(16)23-21/h2-9,14H,10-13,15H2,1H3. The molecule has 2 aromatic carbocycles. The molecule has 1 aliphatic heterocycles. The normalized spacial score (nSPS) is 14.3. The maximum atomic E-state index is 12.6. The van der Waals surface area contributed by atoms with Crippen LogP contribution in [0.4, 0.5) is 5.69 Å². The average Bonchev–Trinajstić information content (AvgIpc) is 2.77. The summed E-state index contributed by atoms with van der Waals surface area (Å²) in [6.45, 7) is 3.00. The highest BCUT2D eigenvalue weighted by atomic mass is 32.2. The van der Waals surface area contributed by atoms with E-state index in [0.717, 1.165) is 35.4 Å². The monoisotopic (exact) mass is 394 g/mol. The first-order chi connectivity index (χ1) is 13.7. The van der Waals surface area contributed by atoms with E-state index in [4.69, 9.17) is 4.74 Å². The molecule has 1 aliphatic rings. The highest BCUT2D eigenvalue weighted by molar-refractivity contribution is 7.99. The zero-order chi connectivity index (χ0) is 19.3. The van der Waals surface area contributed by atoms with E-state index < -0.39 is 0 Å². The third-order valence-corrected chi connectivity index (χ3v) is 5.70. The van der Waals surface area contributed by atoms with Gasteiger partial charge in [0, 0.05) is 37.8 Å². The van der Waals surface area contributed by atoms with Crippen molar-refractivity contribution in [3.05, 3.63) is 54.7 Å². The molecule has 1 amide bonds. The lowest BCUT2D eigenvalue weighted by atomic mass is 10.2. The molecule has 0 radical (unpaired) electrons. The summed E-state index contributed by atoms with van der Waals surface area (Å²) < 4.78 is 5.45. The Morgan fingerprint density at radius 2 is 1.82 bits per heavy atom. The number of aromatic nitrogens is 2. The van der Waals surface area contributed by atoms with Crippen molar-refractivity contribution < 1.29 is 9.53 Å². The molecular weight excluding hydrogens is 372 g/mol. The molecule has 1 aromatic heterocycles. The summed E-state index contributed by atoms with van der Waals surface area (Å²) in [7, 11) is 1.69. The van der Waals surface area contributed by atoms with Crippen molar-refractivity contribution in [1.82, 2.24) is 14.9 Å². The van der Waals surface area contributed by atoms with E-state index in [1.807, 2.05) is 47.4 Å². The number of ether oxygens (including phenoxy) is 1. The van der Waals surface area contributed by atoms with E-state index >= 15 is 0 Å². The van der Waals surface area contributed by atoms with Crippen LogP contribution in [0.25, 0.3) is 10.9 Å². The minimum absolute atomic E-state index is 0.126. The Bertz CT molecular complexity index is 973. The van der Waals surface area contributed by atoms with Crippen LogP contribution in [-0.4, -0.2) is 59.8 Å². The molecule has 28 heavy (non-hydrogen) atoms. The van der Waals surface area contributed by atoms with E-state index in [9.17, 15) is 4.79 Å². The number of benzene rings is 2. The van der Waals surface area contributed by atoms with Crippen molar-refractivity contribution >= 4 is 34.3 Å². The minimum Gasteiger partial charge on any atom is -0.495 e. The Hall–Kier alpha value is -2.80.